The summed E-state index contributed by atoms with van der Waals surface area (Å²) in [6.45, 7) is 3.35. The topological polar surface area (TPSA) is 34.0 Å². The molecule has 3 saturated heterocycles. The molecule has 1 atom stereocenters. The van der Waals surface area contributed by atoms with E-state index in [1.54, 1.807) is 0 Å². The minimum absolute atomic E-state index is 0.346. The highest BCUT2D eigenvalue weighted by Gasteiger charge is 2.35. The van der Waals surface area contributed by atoms with Crippen LogP contribution in [0.5, 0.6) is 0 Å². The van der Waals surface area contributed by atoms with Crippen molar-refractivity contribution < 1.29 is 8.78 Å². The second-order valence-electron chi connectivity index (χ2n) is 5.92. The summed E-state index contributed by atoms with van der Waals surface area (Å²) in [5, 5.41) is 8.33. The predicted molar refractivity (Wildman–Crippen MR) is 73.6 cm³/mol. The number of hydrogen-bond acceptors (Lipinski definition) is 3. The molecule has 6 heteroatoms. The van der Waals surface area contributed by atoms with Crippen LogP contribution in [0.1, 0.15) is 18.9 Å². The Bertz CT molecular complexity index is 661. The lowest BCUT2D eigenvalue weighted by molar-refractivity contribution is 0.0504. The van der Waals surface area contributed by atoms with Crippen LogP contribution in [0.4, 0.5) is 8.78 Å². The van der Waals surface area contributed by atoms with Crippen LogP contribution < -0.4 is 0 Å². The van der Waals surface area contributed by atoms with Crippen molar-refractivity contribution in [1.82, 2.24) is 19.9 Å². The van der Waals surface area contributed by atoms with Crippen molar-refractivity contribution in [3.8, 4) is 11.3 Å². The molecule has 0 spiro atoms. The largest absolute Gasteiger partial charge is 0.301 e. The maximum Gasteiger partial charge on any atom is 0.159 e. The molecule has 0 unspecified atom stereocenters. The molecular weight excluding hydrogens is 274 g/mol. The fraction of sp³-hybridized carbons (Fsp3) is 0.467. The predicted octanol–water partition coefficient (Wildman–Crippen LogP) is 2.49. The van der Waals surface area contributed by atoms with E-state index in [2.05, 4.69) is 15.2 Å². The van der Waals surface area contributed by atoms with Crippen LogP contribution in [0, 0.1) is 17.6 Å². The number of benzene rings is 1. The Morgan fingerprint density at radius 3 is 2.57 bits per heavy atom. The highest BCUT2D eigenvalue weighted by molar-refractivity contribution is 5.57. The molecule has 1 aromatic carbocycles. The van der Waals surface area contributed by atoms with Gasteiger partial charge in [0.05, 0.1) is 12.2 Å². The molecule has 0 N–H and O–H groups in total. The van der Waals surface area contributed by atoms with Crippen molar-refractivity contribution in [2.24, 2.45) is 5.92 Å². The summed E-state index contributed by atoms with van der Waals surface area (Å²) in [5.41, 5.74) is 1.15. The third-order valence-electron chi connectivity index (χ3n) is 4.69. The molecule has 0 aliphatic carbocycles. The van der Waals surface area contributed by atoms with Gasteiger partial charge in [-0.05, 0) is 50.0 Å². The van der Waals surface area contributed by atoms with E-state index in [0.717, 1.165) is 12.6 Å². The number of rotatable bonds is 2. The number of halogens is 2. The number of aromatic nitrogens is 3. The average Bonchev–Trinajstić information content (AvgIpc) is 3.01. The quantitative estimate of drug-likeness (QED) is 0.852. The smallest absolute Gasteiger partial charge is 0.159 e. The maximum atomic E-state index is 13.3. The molecule has 2 bridgehead atoms. The van der Waals surface area contributed by atoms with Gasteiger partial charge in [-0.3, -0.25) is 0 Å². The van der Waals surface area contributed by atoms with Crippen LogP contribution in [0.2, 0.25) is 0 Å². The summed E-state index contributed by atoms with van der Waals surface area (Å²) in [7, 11) is 0. The van der Waals surface area contributed by atoms with Crippen molar-refractivity contribution in [1.29, 1.82) is 0 Å². The fourth-order valence-corrected chi connectivity index (χ4v) is 3.46. The van der Waals surface area contributed by atoms with E-state index in [1.807, 2.05) is 10.9 Å². The summed E-state index contributed by atoms with van der Waals surface area (Å²) < 4.78 is 28.2. The Kier molecular flexibility index (Phi) is 2.99. The van der Waals surface area contributed by atoms with E-state index >= 15 is 0 Å². The molecule has 2 aromatic rings. The van der Waals surface area contributed by atoms with E-state index in [0.29, 0.717) is 23.2 Å². The molecule has 0 amide bonds. The first-order valence-electron chi connectivity index (χ1n) is 7.30. The summed E-state index contributed by atoms with van der Waals surface area (Å²) in [5.74, 6) is -1.05. The zero-order valence-electron chi connectivity index (χ0n) is 11.5. The normalized spacial score (nSPS) is 28.0. The fourth-order valence-electron chi connectivity index (χ4n) is 3.46. The zero-order chi connectivity index (χ0) is 14.4. The third-order valence-corrected chi connectivity index (χ3v) is 4.69. The summed E-state index contributed by atoms with van der Waals surface area (Å²) >= 11 is 0. The SMILES string of the molecule is Fc1ccc(-c2cn([C@H]3CN4CCC3CC4)nn2)cc1F. The first-order chi connectivity index (χ1) is 10.2. The molecular formula is C15H16F2N4. The molecule has 4 nitrogen and oxygen atoms in total. The van der Waals surface area contributed by atoms with Gasteiger partial charge < -0.3 is 4.90 Å². The first kappa shape index (κ1) is 12.9. The first-order valence-corrected chi connectivity index (χ1v) is 7.30. The standard InChI is InChI=1S/C15H16F2N4/c16-12-2-1-11(7-13(12)17)14-8-21(19-18-14)15-9-20-5-3-10(15)4-6-20/h1-2,7-8,10,15H,3-6,9H2/t15-/m0/s1. The van der Waals surface area contributed by atoms with Crippen molar-refractivity contribution in [3.05, 3.63) is 36.0 Å². The molecule has 4 heterocycles. The second kappa shape index (κ2) is 4.87. The summed E-state index contributed by atoms with van der Waals surface area (Å²) in [4.78, 5) is 2.45. The molecule has 110 valence electrons. The number of hydrogen-bond donors (Lipinski definition) is 0. The molecule has 3 fully saturated rings. The van der Waals surface area contributed by atoms with Crippen LogP contribution >= 0.6 is 0 Å². The number of fused-ring (bicyclic) bond motifs is 3. The van der Waals surface area contributed by atoms with Gasteiger partial charge in [-0.2, -0.15) is 0 Å². The van der Waals surface area contributed by atoms with Gasteiger partial charge in [-0.25, -0.2) is 13.5 Å². The Hall–Kier alpha value is -1.82. The second-order valence-corrected chi connectivity index (χ2v) is 5.92. The van der Waals surface area contributed by atoms with E-state index < -0.39 is 11.6 Å². The highest BCUT2D eigenvalue weighted by Crippen LogP contribution is 2.35. The average molecular weight is 290 g/mol. The van der Waals surface area contributed by atoms with Gasteiger partial charge in [0.25, 0.3) is 0 Å². The molecule has 0 saturated carbocycles. The minimum Gasteiger partial charge on any atom is -0.301 e. The van der Waals surface area contributed by atoms with Crippen LogP contribution in [0.15, 0.2) is 24.4 Å². The molecule has 3 aliphatic rings. The zero-order valence-corrected chi connectivity index (χ0v) is 11.5. The van der Waals surface area contributed by atoms with Crippen LogP contribution in [0.3, 0.4) is 0 Å². The van der Waals surface area contributed by atoms with Gasteiger partial charge in [0.15, 0.2) is 11.6 Å². The van der Waals surface area contributed by atoms with Gasteiger partial charge in [-0.1, -0.05) is 5.21 Å². The lowest BCUT2D eigenvalue weighted by Crippen LogP contribution is -2.48. The van der Waals surface area contributed by atoms with Crippen molar-refractivity contribution >= 4 is 0 Å². The van der Waals surface area contributed by atoms with Gasteiger partial charge >= 0.3 is 0 Å². The van der Waals surface area contributed by atoms with Crippen LogP contribution in [-0.2, 0) is 0 Å². The molecule has 0 radical (unpaired) electrons. The Morgan fingerprint density at radius 1 is 1.10 bits per heavy atom. The molecule has 3 aliphatic heterocycles. The van der Waals surface area contributed by atoms with Gasteiger partial charge in [0.2, 0.25) is 0 Å². The van der Waals surface area contributed by atoms with Crippen molar-refractivity contribution in [3.63, 3.8) is 0 Å². The Labute approximate surface area is 121 Å². The van der Waals surface area contributed by atoms with Crippen molar-refractivity contribution in [2.45, 2.75) is 18.9 Å². The van der Waals surface area contributed by atoms with Crippen LogP contribution in [-0.4, -0.2) is 39.5 Å². The van der Waals surface area contributed by atoms with E-state index in [4.69, 9.17) is 0 Å². The molecule has 1 aromatic heterocycles. The van der Waals surface area contributed by atoms with E-state index in [-0.39, 0.29) is 0 Å². The third kappa shape index (κ3) is 2.23. The number of piperidine rings is 3. The maximum absolute atomic E-state index is 13.3. The molecule has 5 rings (SSSR count). The van der Waals surface area contributed by atoms with Gasteiger partial charge in [0, 0.05) is 12.1 Å². The van der Waals surface area contributed by atoms with E-state index in [1.165, 1.54) is 38.1 Å². The van der Waals surface area contributed by atoms with Gasteiger partial charge in [-0.15, -0.1) is 5.10 Å². The van der Waals surface area contributed by atoms with Crippen LogP contribution in [0.25, 0.3) is 11.3 Å². The van der Waals surface area contributed by atoms with Crippen molar-refractivity contribution in [2.75, 3.05) is 19.6 Å². The summed E-state index contributed by atoms with van der Waals surface area (Å²) in [6, 6.07) is 4.17. The lowest BCUT2D eigenvalue weighted by Gasteiger charge is -2.44. The number of nitrogens with zero attached hydrogens (tertiary/aromatic N) is 4. The molecule has 21 heavy (non-hydrogen) atoms. The van der Waals surface area contributed by atoms with Gasteiger partial charge in [0.1, 0.15) is 5.69 Å². The Balaban J connectivity index is 1.62. The minimum atomic E-state index is -0.857. The Morgan fingerprint density at radius 2 is 1.90 bits per heavy atom. The monoisotopic (exact) mass is 290 g/mol. The lowest BCUT2D eigenvalue weighted by atomic mass is 9.84. The summed E-state index contributed by atoms with van der Waals surface area (Å²) in [6.07, 6.45) is 4.25. The highest BCUT2D eigenvalue weighted by atomic mass is 19.2. The van der Waals surface area contributed by atoms with E-state index in [9.17, 15) is 8.78 Å².